The highest BCUT2D eigenvalue weighted by atomic mass is 19.1. The van der Waals surface area contributed by atoms with E-state index in [2.05, 4.69) is 10.6 Å². The molecule has 1 fully saturated rings. The van der Waals surface area contributed by atoms with Crippen LogP contribution in [-0.2, 0) is 0 Å². The molecule has 2 rings (SSSR count). The number of carbonyl (C=O) groups is 1. The predicted octanol–water partition coefficient (Wildman–Crippen LogP) is 0.775. The van der Waals surface area contributed by atoms with Crippen molar-refractivity contribution < 1.29 is 9.18 Å². The van der Waals surface area contributed by atoms with Gasteiger partial charge in [-0.25, -0.2) is 4.39 Å². The Morgan fingerprint density at radius 3 is 2.80 bits per heavy atom. The molecular formula is C11H13FN2O. The Bertz CT molecular complexity index is 363. The van der Waals surface area contributed by atoms with E-state index >= 15 is 0 Å². The summed E-state index contributed by atoms with van der Waals surface area (Å²) in [6.07, 6.45) is 0. The van der Waals surface area contributed by atoms with E-state index in [9.17, 15) is 9.18 Å². The zero-order valence-electron chi connectivity index (χ0n) is 8.29. The molecule has 0 aromatic heterocycles. The minimum Gasteiger partial charge on any atom is -0.352 e. The van der Waals surface area contributed by atoms with Crippen molar-refractivity contribution in [2.75, 3.05) is 19.6 Å². The number of hydrogen-bond donors (Lipinski definition) is 2. The van der Waals surface area contributed by atoms with E-state index in [0.29, 0.717) is 12.5 Å². The summed E-state index contributed by atoms with van der Waals surface area (Å²) in [4.78, 5) is 11.5. The van der Waals surface area contributed by atoms with Gasteiger partial charge in [0, 0.05) is 25.6 Å². The van der Waals surface area contributed by atoms with Crippen LogP contribution in [0.15, 0.2) is 24.3 Å². The average molecular weight is 208 g/mol. The topological polar surface area (TPSA) is 41.1 Å². The third-order valence-electron chi connectivity index (χ3n) is 2.54. The number of amides is 1. The lowest BCUT2D eigenvalue weighted by atomic mass is 10.0. The Kier molecular flexibility index (Phi) is 2.97. The zero-order valence-corrected chi connectivity index (χ0v) is 8.29. The first kappa shape index (κ1) is 10.1. The summed E-state index contributed by atoms with van der Waals surface area (Å²) < 4.78 is 13.2. The van der Waals surface area contributed by atoms with Crippen molar-refractivity contribution in [2.45, 2.75) is 0 Å². The third kappa shape index (κ3) is 2.33. The van der Waals surface area contributed by atoms with E-state index in [-0.39, 0.29) is 11.5 Å². The highest BCUT2D eigenvalue weighted by Gasteiger charge is 2.18. The summed E-state index contributed by atoms with van der Waals surface area (Å²) in [5, 5.41) is 5.83. The Labute approximate surface area is 87.7 Å². The Morgan fingerprint density at radius 1 is 1.47 bits per heavy atom. The molecule has 4 heteroatoms. The second-order valence-electron chi connectivity index (χ2n) is 3.71. The summed E-state index contributed by atoms with van der Waals surface area (Å²) in [7, 11) is 0. The van der Waals surface area contributed by atoms with Crippen molar-refractivity contribution in [1.29, 1.82) is 0 Å². The number of nitrogens with one attached hydrogen (secondary N) is 2. The van der Waals surface area contributed by atoms with Gasteiger partial charge in [0.15, 0.2) is 0 Å². The van der Waals surface area contributed by atoms with Crippen LogP contribution < -0.4 is 10.6 Å². The summed E-state index contributed by atoms with van der Waals surface area (Å²) >= 11 is 0. The largest absolute Gasteiger partial charge is 0.352 e. The van der Waals surface area contributed by atoms with Gasteiger partial charge < -0.3 is 10.6 Å². The fourth-order valence-electron chi connectivity index (χ4n) is 1.47. The van der Waals surface area contributed by atoms with E-state index < -0.39 is 5.82 Å². The standard InChI is InChI=1S/C11H13FN2O/c12-10-4-2-1-3-9(10)11(15)14-7-8-5-13-6-8/h1-4,8,13H,5-7H2,(H,14,15). The lowest BCUT2D eigenvalue weighted by Crippen LogP contribution is -2.48. The normalized spacial score (nSPS) is 15.8. The van der Waals surface area contributed by atoms with Crippen LogP contribution in [0.5, 0.6) is 0 Å². The average Bonchev–Trinajstić information content (AvgIpc) is 2.16. The number of benzene rings is 1. The second kappa shape index (κ2) is 4.40. The lowest BCUT2D eigenvalue weighted by Gasteiger charge is -2.27. The summed E-state index contributed by atoms with van der Waals surface area (Å²) in [6.45, 7) is 2.47. The van der Waals surface area contributed by atoms with Crippen molar-refractivity contribution in [1.82, 2.24) is 10.6 Å². The molecule has 0 bridgehead atoms. The molecular weight excluding hydrogens is 195 g/mol. The highest BCUT2D eigenvalue weighted by molar-refractivity contribution is 5.94. The van der Waals surface area contributed by atoms with Gasteiger partial charge in [-0.15, -0.1) is 0 Å². The molecule has 1 saturated heterocycles. The molecule has 80 valence electrons. The second-order valence-corrected chi connectivity index (χ2v) is 3.71. The third-order valence-corrected chi connectivity index (χ3v) is 2.54. The van der Waals surface area contributed by atoms with Gasteiger partial charge in [-0.2, -0.15) is 0 Å². The molecule has 0 atom stereocenters. The minimum atomic E-state index is -0.471. The summed E-state index contributed by atoms with van der Waals surface area (Å²) in [5.41, 5.74) is 0.116. The van der Waals surface area contributed by atoms with Crippen LogP contribution >= 0.6 is 0 Å². The lowest BCUT2D eigenvalue weighted by molar-refractivity contribution is 0.0938. The first-order chi connectivity index (χ1) is 7.27. The van der Waals surface area contributed by atoms with Gasteiger partial charge in [0.05, 0.1) is 5.56 Å². The van der Waals surface area contributed by atoms with Gasteiger partial charge in [-0.3, -0.25) is 4.79 Å². The van der Waals surface area contributed by atoms with E-state index in [1.165, 1.54) is 12.1 Å². The maximum atomic E-state index is 13.2. The van der Waals surface area contributed by atoms with Crippen LogP contribution in [0, 0.1) is 11.7 Å². The smallest absolute Gasteiger partial charge is 0.254 e. The van der Waals surface area contributed by atoms with E-state index in [0.717, 1.165) is 13.1 Å². The van der Waals surface area contributed by atoms with Crippen LogP contribution in [-0.4, -0.2) is 25.5 Å². The quantitative estimate of drug-likeness (QED) is 0.770. The van der Waals surface area contributed by atoms with Gasteiger partial charge in [-0.1, -0.05) is 12.1 Å². The van der Waals surface area contributed by atoms with Gasteiger partial charge >= 0.3 is 0 Å². The molecule has 0 unspecified atom stereocenters. The first-order valence-electron chi connectivity index (χ1n) is 5.01. The molecule has 1 aliphatic rings. The molecule has 0 aliphatic carbocycles. The number of hydrogen-bond acceptors (Lipinski definition) is 2. The van der Waals surface area contributed by atoms with Crippen LogP contribution in [0.3, 0.4) is 0 Å². The number of halogens is 1. The van der Waals surface area contributed by atoms with Crippen LogP contribution in [0.25, 0.3) is 0 Å². The SMILES string of the molecule is O=C(NCC1CNC1)c1ccccc1F. The fourth-order valence-corrected chi connectivity index (χ4v) is 1.47. The van der Waals surface area contributed by atoms with Gasteiger partial charge in [0.2, 0.25) is 0 Å². The fraction of sp³-hybridized carbons (Fsp3) is 0.364. The number of rotatable bonds is 3. The Morgan fingerprint density at radius 2 is 2.20 bits per heavy atom. The van der Waals surface area contributed by atoms with Crippen LogP contribution in [0.1, 0.15) is 10.4 Å². The maximum absolute atomic E-state index is 13.2. The molecule has 3 nitrogen and oxygen atoms in total. The van der Waals surface area contributed by atoms with E-state index in [1.54, 1.807) is 12.1 Å². The molecule has 0 radical (unpaired) electrons. The zero-order chi connectivity index (χ0) is 10.7. The summed E-state index contributed by atoms with van der Waals surface area (Å²) in [5.74, 6) is -0.317. The molecule has 15 heavy (non-hydrogen) atoms. The van der Waals surface area contributed by atoms with Crippen molar-refractivity contribution in [2.24, 2.45) is 5.92 Å². The highest BCUT2D eigenvalue weighted by Crippen LogP contribution is 2.06. The molecule has 1 heterocycles. The minimum absolute atomic E-state index is 0.116. The van der Waals surface area contributed by atoms with Crippen molar-refractivity contribution in [3.63, 3.8) is 0 Å². The Balaban J connectivity index is 1.92. The van der Waals surface area contributed by atoms with Crippen LogP contribution in [0.2, 0.25) is 0 Å². The maximum Gasteiger partial charge on any atom is 0.254 e. The number of carbonyl (C=O) groups excluding carboxylic acids is 1. The molecule has 1 aliphatic heterocycles. The van der Waals surface area contributed by atoms with E-state index in [4.69, 9.17) is 0 Å². The van der Waals surface area contributed by atoms with Gasteiger partial charge in [0.25, 0.3) is 5.91 Å². The molecule has 2 N–H and O–H groups in total. The van der Waals surface area contributed by atoms with Gasteiger partial charge in [-0.05, 0) is 12.1 Å². The first-order valence-corrected chi connectivity index (χ1v) is 5.01. The van der Waals surface area contributed by atoms with Gasteiger partial charge in [0.1, 0.15) is 5.82 Å². The molecule has 0 saturated carbocycles. The monoisotopic (exact) mass is 208 g/mol. The molecule has 1 amide bonds. The summed E-state index contributed by atoms with van der Waals surface area (Å²) in [6, 6.07) is 6.01. The van der Waals surface area contributed by atoms with Crippen molar-refractivity contribution >= 4 is 5.91 Å². The molecule has 1 aromatic carbocycles. The molecule has 0 spiro atoms. The van der Waals surface area contributed by atoms with Crippen LogP contribution in [0.4, 0.5) is 4.39 Å². The Hall–Kier alpha value is -1.42. The van der Waals surface area contributed by atoms with E-state index in [1.807, 2.05) is 0 Å². The van der Waals surface area contributed by atoms with Crippen molar-refractivity contribution in [3.05, 3.63) is 35.6 Å². The van der Waals surface area contributed by atoms with Crippen molar-refractivity contribution in [3.8, 4) is 0 Å². The molecule has 1 aromatic rings. The predicted molar refractivity (Wildman–Crippen MR) is 55.1 cm³/mol.